The Bertz CT molecular complexity index is 414. The molecule has 0 amide bonds. The maximum Gasteiger partial charge on any atom is 0.403 e. The van der Waals surface area contributed by atoms with Gasteiger partial charge in [-0.3, -0.25) is 9.89 Å². The third-order valence-corrected chi connectivity index (χ3v) is 5.33. The molecule has 2 fully saturated rings. The number of halogens is 4. The molecule has 8 heteroatoms. The molecule has 0 aromatic rings. The minimum absolute atomic E-state index is 0. The predicted molar refractivity (Wildman–Crippen MR) is 102 cm³/mol. The van der Waals surface area contributed by atoms with Crippen LogP contribution >= 0.6 is 24.0 Å². The lowest BCUT2D eigenvalue weighted by molar-refractivity contribution is -0.181. The van der Waals surface area contributed by atoms with E-state index < -0.39 is 12.2 Å². The van der Waals surface area contributed by atoms with Crippen LogP contribution in [0, 0.1) is 5.41 Å². The maximum absolute atomic E-state index is 12.8. The summed E-state index contributed by atoms with van der Waals surface area (Å²) in [5.41, 5.74) is 0.322. The molecule has 1 aliphatic carbocycles. The number of guanidine groups is 1. The van der Waals surface area contributed by atoms with Gasteiger partial charge in [0.25, 0.3) is 0 Å². The Kier molecular flexibility index (Phi) is 8.09. The lowest BCUT2D eigenvalue weighted by Crippen LogP contribution is -2.57. The number of alkyl halides is 3. The average Bonchev–Trinajstić information content (AvgIpc) is 2.94. The van der Waals surface area contributed by atoms with E-state index in [2.05, 4.69) is 22.1 Å². The second-order valence-electron chi connectivity index (χ2n) is 7.16. The smallest absolute Gasteiger partial charge is 0.356 e. The first kappa shape index (κ1) is 21.8. The minimum Gasteiger partial charge on any atom is -0.356 e. The summed E-state index contributed by atoms with van der Waals surface area (Å²) < 4.78 is 38.4. The highest BCUT2D eigenvalue weighted by atomic mass is 127. The van der Waals surface area contributed by atoms with Crippen molar-refractivity contribution >= 4 is 29.9 Å². The Morgan fingerprint density at radius 2 is 1.71 bits per heavy atom. The molecule has 1 aliphatic heterocycles. The van der Waals surface area contributed by atoms with E-state index in [-0.39, 0.29) is 24.0 Å². The number of rotatable bonds is 3. The van der Waals surface area contributed by atoms with Crippen LogP contribution in [0.15, 0.2) is 4.99 Å². The van der Waals surface area contributed by atoms with Crippen LogP contribution in [0.3, 0.4) is 0 Å². The van der Waals surface area contributed by atoms with Crippen LogP contribution in [0.5, 0.6) is 0 Å². The van der Waals surface area contributed by atoms with Crippen molar-refractivity contribution in [3.8, 4) is 0 Å². The number of aliphatic imine (C=N–C) groups is 1. The van der Waals surface area contributed by atoms with Crippen molar-refractivity contribution in [2.75, 3.05) is 39.8 Å². The standard InChI is InChI=1S/C16H29F3N4.HI/c1-13(16(17,18)19)22-8-10-23(11-9-22)14(20-3)21-12-15(2)6-4-5-7-15;/h13H,4-12H2,1-3H3,(H,20,21);1H. The van der Waals surface area contributed by atoms with Crippen molar-refractivity contribution in [3.63, 3.8) is 0 Å². The summed E-state index contributed by atoms with van der Waals surface area (Å²) in [4.78, 5) is 7.88. The molecule has 0 aromatic carbocycles. The molecule has 1 heterocycles. The van der Waals surface area contributed by atoms with Crippen molar-refractivity contribution in [1.82, 2.24) is 15.1 Å². The van der Waals surface area contributed by atoms with Gasteiger partial charge in [-0.25, -0.2) is 0 Å². The zero-order valence-corrected chi connectivity index (χ0v) is 17.2. The van der Waals surface area contributed by atoms with Gasteiger partial charge in [0.1, 0.15) is 6.04 Å². The second kappa shape index (κ2) is 8.91. The Balaban J connectivity index is 0.00000288. The summed E-state index contributed by atoms with van der Waals surface area (Å²) in [5.74, 6) is 0.817. The second-order valence-corrected chi connectivity index (χ2v) is 7.16. The quantitative estimate of drug-likeness (QED) is 0.397. The van der Waals surface area contributed by atoms with Crippen LogP contribution in [0.2, 0.25) is 0 Å². The van der Waals surface area contributed by atoms with Crippen molar-refractivity contribution in [3.05, 3.63) is 0 Å². The first-order valence-electron chi connectivity index (χ1n) is 8.51. The Morgan fingerprint density at radius 3 is 2.17 bits per heavy atom. The monoisotopic (exact) mass is 462 g/mol. The van der Waals surface area contributed by atoms with Gasteiger partial charge < -0.3 is 10.2 Å². The largest absolute Gasteiger partial charge is 0.403 e. The normalized spacial score (nSPS) is 23.8. The van der Waals surface area contributed by atoms with Crippen LogP contribution in [0.25, 0.3) is 0 Å². The number of nitrogens with zero attached hydrogens (tertiary/aromatic N) is 3. The molecular weight excluding hydrogens is 432 g/mol. The third-order valence-electron chi connectivity index (χ3n) is 5.33. The number of piperazine rings is 1. The molecular formula is C16H30F3IN4. The first-order valence-corrected chi connectivity index (χ1v) is 8.51. The molecule has 24 heavy (non-hydrogen) atoms. The lowest BCUT2D eigenvalue weighted by atomic mass is 9.89. The molecule has 1 unspecified atom stereocenters. The highest BCUT2D eigenvalue weighted by Gasteiger charge is 2.41. The summed E-state index contributed by atoms with van der Waals surface area (Å²) >= 11 is 0. The molecule has 4 nitrogen and oxygen atoms in total. The Labute approximate surface area is 160 Å². The molecule has 1 N–H and O–H groups in total. The third kappa shape index (κ3) is 5.64. The van der Waals surface area contributed by atoms with Crippen LogP contribution in [-0.4, -0.2) is 67.7 Å². The SMILES string of the molecule is CN=C(NCC1(C)CCCC1)N1CCN(C(C)C(F)(F)F)CC1.I. The van der Waals surface area contributed by atoms with E-state index in [1.807, 2.05) is 0 Å². The molecule has 2 aliphatic rings. The van der Waals surface area contributed by atoms with Gasteiger partial charge in [-0.05, 0) is 25.2 Å². The molecule has 0 radical (unpaired) electrons. The number of hydrogen-bond donors (Lipinski definition) is 1. The van der Waals surface area contributed by atoms with E-state index in [0.717, 1.165) is 12.5 Å². The van der Waals surface area contributed by atoms with E-state index in [4.69, 9.17) is 0 Å². The van der Waals surface area contributed by atoms with Gasteiger partial charge in [-0.1, -0.05) is 19.8 Å². The molecule has 1 atom stereocenters. The molecule has 142 valence electrons. The first-order chi connectivity index (χ1) is 10.7. The van der Waals surface area contributed by atoms with Gasteiger partial charge in [-0.2, -0.15) is 13.2 Å². The molecule has 2 rings (SSSR count). The van der Waals surface area contributed by atoms with Crippen molar-refractivity contribution in [2.45, 2.75) is 51.7 Å². The van der Waals surface area contributed by atoms with E-state index in [0.29, 0.717) is 31.6 Å². The maximum atomic E-state index is 12.8. The fourth-order valence-corrected chi connectivity index (χ4v) is 3.56. The molecule has 0 bridgehead atoms. The van der Waals surface area contributed by atoms with Crippen molar-refractivity contribution < 1.29 is 13.2 Å². The molecule has 1 saturated carbocycles. The summed E-state index contributed by atoms with van der Waals surface area (Å²) in [7, 11) is 1.74. The Hall–Kier alpha value is -0.250. The predicted octanol–water partition coefficient (Wildman–Crippen LogP) is 3.33. The van der Waals surface area contributed by atoms with E-state index in [1.54, 1.807) is 7.05 Å². The van der Waals surface area contributed by atoms with Crippen LogP contribution in [0.1, 0.15) is 39.5 Å². The van der Waals surface area contributed by atoms with E-state index >= 15 is 0 Å². The summed E-state index contributed by atoms with van der Waals surface area (Å²) in [6.45, 7) is 6.41. The lowest BCUT2D eigenvalue weighted by Gasteiger charge is -2.40. The van der Waals surface area contributed by atoms with Gasteiger partial charge in [-0.15, -0.1) is 24.0 Å². The van der Waals surface area contributed by atoms with E-state index in [9.17, 15) is 13.2 Å². The number of nitrogens with one attached hydrogen (secondary N) is 1. The fourth-order valence-electron chi connectivity index (χ4n) is 3.56. The van der Waals surface area contributed by atoms with Gasteiger partial charge in [0, 0.05) is 39.8 Å². The van der Waals surface area contributed by atoms with Crippen LogP contribution < -0.4 is 5.32 Å². The highest BCUT2D eigenvalue weighted by molar-refractivity contribution is 14.0. The molecule has 0 spiro atoms. The van der Waals surface area contributed by atoms with Gasteiger partial charge >= 0.3 is 6.18 Å². The van der Waals surface area contributed by atoms with Crippen LogP contribution in [-0.2, 0) is 0 Å². The number of hydrogen-bond acceptors (Lipinski definition) is 2. The van der Waals surface area contributed by atoms with Crippen LogP contribution in [0.4, 0.5) is 13.2 Å². The van der Waals surface area contributed by atoms with Crippen molar-refractivity contribution in [1.29, 1.82) is 0 Å². The Morgan fingerprint density at radius 1 is 1.17 bits per heavy atom. The molecule has 0 aromatic heterocycles. The molecule has 1 saturated heterocycles. The van der Waals surface area contributed by atoms with Crippen molar-refractivity contribution in [2.24, 2.45) is 10.4 Å². The fraction of sp³-hybridized carbons (Fsp3) is 0.938. The average molecular weight is 462 g/mol. The van der Waals surface area contributed by atoms with Gasteiger partial charge in [0.05, 0.1) is 0 Å². The zero-order chi connectivity index (χ0) is 17.1. The minimum atomic E-state index is -4.15. The summed E-state index contributed by atoms with van der Waals surface area (Å²) in [5, 5.41) is 3.43. The highest BCUT2D eigenvalue weighted by Crippen LogP contribution is 2.36. The van der Waals surface area contributed by atoms with Gasteiger partial charge in [0.2, 0.25) is 0 Å². The summed E-state index contributed by atoms with van der Waals surface area (Å²) in [6.07, 6.45) is 0.872. The van der Waals surface area contributed by atoms with Gasteiger partial charge in [0.15, 0.2) is 5.96 Å². The summed E-state index contributed by atoms with van der Waals surface area (Å²) in [6, 6.07) is -1.38. The zero-order valence-electron chi connectivity index (χ0n) is 14.8. The topological polar surface area (TPSA) is 30.9 Å². The van der Waals surface area contributed by atoms with E-state index in [1.165, 1.54) is 37.5 Å².